The number of rotatable bonds is 4. The van der Waals surface area contributed by atoms with Gasteiger partial charge in [-0.25, -0.2) is 0 Å². The average Bonchev–Trinajstić information content (AvgIpc) is 2.66. The van der Waals surface area contributed by atoms with E-state index in [0.717, 1.165) is 11.5 Å². The zero-order valence-corrected chi connectivity index (χ0v) is 8.24. The van der Waals surface area contributed by atoms with Gasteiger partial charge in [0, 0.05) is 6.54 Å². The van der Waals surface area contributed by atoms with Crippen LogP contribution in [0.3, 0.4) is 0 Å². The number of nitrogens with one attached hydrogen (secondary N) is 1. The van der Waals surface area contributed by atoms with Crippen molar-refractivity contribution >= 4 is 23.4 Å². The van der Waals surface area contributed by atoms with Crippen molar-refractivity contribution in [1.82, 2.24) is 14.9 Å². The van der Waals surface area contributed by atoms with Crippen LogP contribution in [0.25, 0.3) is 0 Å². The molecular weight excluding hydrogens is 206 g/mol. The molecule has 2 N–H and O–H groups in total. The molecule has 0 spiro atoms. The van der Waals surface area contributed by atoms with E-state index >= 15 is 0 Å². The van der Waals surface area contributed by atoms with Crippen LogP contribution in [0.1, 0.15) is 16.6 Å². The largest absolute Gasteiger partial charge is 0.481 e. The SMILES string of the molecule is CC(CNC(=O)c1cnns1)C(=O)O. The van der Waals surface area contributed by atoms with Crippen LogP contribution in [0.15, 0.2) is 6.20 Å². The third-order valence-electron chi connectivity index (χ3n) is 1.58. The summed E-state index contributed by atoms with van der Waals surface area (Å²) in [6.45, 7) is 1.62. The molecule has 0 aliphatic heterocycles. The molecule has 0 saturated carbocycles. The van der Waals surface area contributed by atoms with Gasteiger partial charge in [0.2, 0.25) is 0 Å². The lowest BCUT2D eigenvalue weighted by Crippen LogP contribution is -2.30. The Morgan fingerprint density at radius 3 is 2.93 bits per heavy atom. The lowest BCUT2D eigenvalue weighted by Gasteiger charge is -2.06. The Labute approximate surface area is 84.1 Å². The van der Waals surface area contributed by atoms with E-state index in [1.165, 1.54) is 13.1 Å². The second-order valence-electron chi connectivity index (χ2n) is 2.73. The molecule has 0 bridgehead atoms. The van der Waals surface area contributed by atoms with Crippen molar-refractivity contribution in [2.24, 2.45) is 5.92 Å². The van der Waals surface area contributed by atoms with Crippen molar-refractivity contribution in [2.45, 2.75) is 6.92 Å². The lowest BCUT2D eigenvalue weighted by atomic mass is 10.2. The van der Waals surface area contributed by atoms with E-state index in [4.69, 9.17) is 5.11 Å². The average molecular weight is 215 g/mol. The molecule has 76 valence electrons. The first-order valence-electron chi connectivity index (χ1n) is 3.89. The Hall–Kier alpha value is -1.50. The van der Waals surface area contributed by atoms with Crippen molar-refractivity contribution in [1.29, 1.82) is 0 Å². The van der Waals surface area contributed by atoms with E-state index in [1.54, 1.807) is 0 Å². The molecule has 0 saturated heterocycles. The highest BCUT2D eigenvalue weighted by atomic mass is 32.1. The molecular formula is C7H9N3O3S. The van der Waals surface area contributed by atoms with Crippen LogP contribution in [0.4, 0.5) is 0 Å². The maximum absolute atomic E-state index is 11.3. The van der Waals surface area contributed by atoms with Gasteiger partial charge in [0.25, 0.3) is 5.91 Å². The fraction of sp³-hybridized carbons (Fsp3) is 0.429. The number of amides is 1. The fourth-order valence-electron chi connectivity index (χ4n) is 0.687. The number of aliphatic carboxylic acids is 1. The number of carbonyl (C=O) groups excluding carboxylic acids is 1. The van der Waals surface area contributed by atoms with Crippen molar-refractivity contribution in [3.63, 3.8) is 0 Å². The van der Waals surface area contributed by atoms with Gasteiger partial charge >= 0.3 is 5.97 Å². The standard InChI is InChI=1S/C7H9N3O3S/c1-4(7(12)13)2-8-6(11)5-3-9-10-14-5/h3-4H,2H2,1H3,(H,8,11)(H,12,13). The van der Waals surface area contributed by atoms with E-state index in [-0.39, 0.29) is 12.5 Å². The van der Waals surface area contributed by atoms with Crippen LogP contribution in [0.2, 0.25) is 0 Å². The van der Waals surface area contributed by atoms with E-state index in [9.17, 15) is 9.59 Å². The molecule has 0 aliphatic carbocycles. The highest BCUT2D eigenvalue weighted by Gasteiger charge is 2.13. The van der Waals surface area contributed by atoms with Crippen LogP contribution in [-0.4, -0.2) is 33.1 Å². The van der Waals surface area contributed by atoms with Gasteiger partial charge in [0.15, 0.2) is 0 Å². The minimum absolute atomic E-state index is 0.103. The van der Waals surface area contributed by atoms with Gasteiger partial charge in [-0.15, -0.1) is 5.10 Å². The number of hydrogen-bond donors (Lipinski definition) is 2. The summed E-state index contributed by atoms with van der Waals surface area (Å²) in [5, 5.41) is 14.5. The first-order valence-corrected chi connectivity index (χ1v) is 4.67. The summed E-state index contributed by atoms with van der Waals surface area (Å²) in [6.07, 6.45) is 1.34. The van der Waals surface area contributed by atoms with E-state index < -0.39 is 11.9 Å². The Balaban J connectivity index is 2.40. The number of hydrogen-bond acceptors (Lipinski definition) is 5. The Kier molecular flexibility index (Phi) is 3.52. The van der Waals surface area contributed by atoms with Gasteiger partial charge in [-0.2, -0.15) is 0 Å². The normalized spacial score (nSPS) is 12.1. The van der Waals surface area contributed by atoms with E-state index in [0.29, 0.717) is 4.88 Å². The Morgan fingerprint density at radius 2 is 2.43 bits per heavy atom. The fourth-order valence-corrected chi connectivity index (χ4v) is 1.12. The number of aromatic nitrogens is 2. The molecule has 0 aliphatic rings. The van der Waals surface area contributed by atoms with Crippen LogP contribution < -0.4 is 5.32 Å². The maximum atomic E-state index is 11.3. The number of carboxylic acids is 1. The molecule has 6 nitrogen and oxygen atoms in total. The van der Waals surface area contributed by atoms with Crippen LogP contribution in [0.5, 0.6) is 0 Å². The maximum Gasteiger partial charge on any atom is 0.308 e. The monoisotopic (exact) mass is 215 g/mol. The molecule has 1 heterocycles. The van der Waals surface area contributed by atoms with Gasteiger partial charge in [-0.3, -0.25) is 9.59 Å². The summed E-state index contributed by atoms with van der Waals surface area (Å²) in [5.41, 5.74) is 0. The molecule has 0 fully saturated rings. The summed E-state index contributed by atoms with van der Waals surface area (Å²) in [4.78, 5) is 22.1. The van der Waals surface area contributed by atoms with Crippen molar-refractivity contribution < 1.29 is 14.7 Å². The summed E-state index contributed by atoms with van der Waals surface area (Å²) in [7, 11) is 0. The molecule has 0 radical (unpaired) electrons. The minimum atomic E-state index is -0.937. The molecule has 1 amide bonds. The first kappa shape index (κ1) is 10.6. The highest BCUT2D eigenvalue weighted by molar-refractivity contribution is 7.07. The van der Waals surface area contributed by atoms with Gasteiger partial charge < -0.3 is 10.4 Å². The van der Waals surface area contributed by atoms with Gasteiger partial charge in [0.05, 0.1) is 12.1 Å². The van der Waals surface area contributed by atoms with Gasteiger partial charge in [0.1, 0.15) is 4.88 Å². The zero-order valence-electron chi connectivity index (χ0n) is 7.43. The molecule has 1 unspecified atom stereocenters. The topological polar surface area (TPSA) is 92.2 Å². The number of carbonyl (C=O) groups is 2. The summed E-state index contributed by atoms with van der Waals surface area (Å²) in [5.74, 6) is -1.87. The zero-order chi connectivity index (χ0) is 10.6. The molecule has 1 rings (SSSR count). The molecule has 1 aromatic rings. The Morgan fingerprint density at radius 1 is 1.71 bits per heavy atom. The predicted molar refractivity (Wildman–Crippen MR) is 49.0 cm³/mol. The quantitative estimate of drug-likeness (QED) is 0.736. The first-order chi connectivity index (χ1) is 6.61. The molecule has 1 atom stereocenters. The molecule has 14 heavy (non-hydrogen) atoms. The minimum Gasteiger partial charge on any atom is -0.481 e. The van der Waals surface area contributed by atoms with Gasteiger partial charge in [-0.05, 0) is 11.5 Å². The van der Waals surface area contributed by atoms with E-state index in [1.807, 2.05) is 0 Å². The summed E-state index contributed by atoms with van der Waals surface area (Å²) >= 11 is 0.971. The van der Waals surface area contributed by atoms with Crippen molar-refractivity contribution in [3.05, 3.63) is 11.1 Å². The lowest BCUT2D eigenvalue weighted by molar-refractivity contribution is -0.140. The summed E-state index contributed by atoms with van der Waals surface area (Å²) < 4.78 is 3.52. The highest BCUT2D eigenvalue weighted by Crippen LogP contribution is 2.01. The third kappa shape index (κ3) is 2.77. The molecule has 1 aromatic heterocycles. The van der Waals surface area contributed by atoms with Crippen LogP contribution >= 0.6 is 11.5 Å². The summed E-state index contributed by atoms with van der Waals surface area (Å²) in [6, 6.07) is 0. The van der Waals surface area contributed by atoms with Crippen molar-refractivity contribution in [3.8, 4) is 0 Å². The molecule has 7 heteroatoms. The molecule has 0 aromatic carbocycles. The van der Waals surface area contributed by atoms with E-state index in [2.05, 4.69) is 14.9 Å². The van der Waals surface area contributed by atoms with Crippen LogP contribution in [0, 0.1) is 5.92 Å². The second kappa shape index (κ2) is 4.66. The second-order valence-corrected chi connectivity index (χ2v) is 3.52. The number of carboxylic acid groups (broad SMARTS) is 1. The van der Waals surface area contributed by atoms with Crippen LogP contribution in [-0.2, 0) is 4.79 Å². The smallest absolute Gasteiger partial charge is 0.308 e. The van der Waals surface area contributed by atoms with Gasteiger partial charge in [-0.1, -0.05) is 11.4 Å². The van der Waals surface area contributed by atoms with Crippen molar-refractivity contribution in [2.75, 3.05) is 6.54 Å². The predicted octanol–water partition coefficient (Wildman–Crippen LogP) is -0.0114. The Bertz CT molecular complexity index is 325. The number of nitrogens with zero attached hydrogens (tertiary/aromatic N) is 2. The third-order valence-corrected chi connectivity index (χ3v) is 2.24.